The second-order valence-electron chi connectivity index (χ2n) is 12.3. The summed E-state index contributed by atoms with van der Waals surface area (Å²) in [6, 6.07) is 14.7. The number of hydrogen-bond donors (Lipinski definition) is 0. The molecule has 280 valence electrons. The zero-order valence-electron chi connectivity index (χ0n) is 30.6. The highest BCUT2D eigenvalue weighted by atomic mass is 16.7. The summed E-state index contributed by atoms with van der Waals surface area (Å²) in [7, 11) is 0. The van der Waals surface area contributed by atoms with E-state index in [4.69, 9.17) is 37.9 Å². The van der Waals surface area contributed by atoms with Crippen molar-refractivity contribution in [1.82, 2.24) is 0 Å². The van der Waals surface area contributed by atoms with Crippen LogP contribution in [0.3, 0.4) is 0 Å². The number of benzene rings is 2. The van der Waals surface area contributed by atoms with Gasteiger partial charge in [0.1, 0.15) is 24.4 Å². The first-order valence-electron chi connectivity index (χ1n) is 16.8. The molecule has 12 heteroatoms. The molecular formula is C39H52O12. The molecule has 0 heterocycles. The predicted octanol–water partition coefficient (Wildman–Crippen LogP) is 5.45. The maximum absolute atomic E-state index is 13.3. The van der Waals surface area contributed by atoms with Gasteiger partial charge in [0.25, 0.3) is 0 Å². The number of esters is 2. The number of ketones is 2. The maximum Gasteiger partial charge on any atom is 0.330 e. The summed E-state index contributed by atoms with van der Waals surface area (Å²) in [6.07, 6.45) is 1.46. The quantitative estimate of drug-likeness (QED) is 0.0403. The van der Waals surface area contributed by atoms with Crippen LogP contribution in [0, 0.1) is 0 Å². The van der Waals surface area contributed by atoms with E-state index in [1.54, 1.807) is 65.8 Å². The van der Waals surface area contributed by atoms with Gasteiger partial charge in [-0.1, -0.05) is 61.7 Å². The van der Waals surface area contributed by atoms with Gasteiger partial charge in [0.2, 0.25) is 0 Å². The molecule has 2 aromatic rings. The lowest BCUT2D eigenvalue weighted by molar-refractivity contribution is -0.181. The third-order valence-corrected chi connectivity index (χ3v) is 7.29. The van der Waals surface area contributed by atoms with Crippen molar-refractivity contribution < 1.29 is 57.1 Å². The van der Waals surface area contributed by atoms with Crippen LogP contribution < -0.4 is 0 Å². The van der Waals surface area contributed by atoms with Crippen molar-refractivity contribution in [2.75, 3.05) is 52.9 Å². The van der Waals surface area contributed by atoms with Gasteiger partial charge < -0.3 is 37.9 Å². The van der Waals surface area contributed by atoms with Gasteiger partial charge in [-0.3, -0.25) is 9.59 Å². The lowest BCUT2D eigenvalue weighted by atomic mass is 9.93. The molecule has 0 bridgehead atoms. The van der Waals surface area contributed by atoms with Gasteiger partial charge in [-0.2, -0.15) is 0 Å². The van der Waals surface area contributed by atoms with E-state index >= 15 is 0 Å². The number of carbonyl (C=O) groups excluding carboxylic acids is 4. The largest absolute Gasteiger partial charge is 0.460 e. The van der Waals surface area contributed by atoms with Gasteiger partial charge in [-0.05, 0) is 59.1 Å². The Kier molecular flexibility index (Phi) is 18.6. The molecule has 51 heavy (non-hydrogen) atoms. The van der Waals surface area contributed by atoms with Crippen LogP contribution in [0.4, 0.5) is 0 Å². The van der Waals surface area contributed by atoms with Crippen LogP contribution in [0.5, 0.6) is 0 Å². The van der Waals surface area contributed by atoms with Crippen molar-refractivity contribution in [3.8, 4) is 0 Å². The first kappa shape index (κ1) is 43.1. The van der Waals surface area contributed by atoms with Gasteiger partial charge in [0, 0.05) is 23.3 Å². The minimum atomic E-state index is -1.14. The summed E-state index contributed by atoms with van der Waals surface area (Å²) in [5.74, 6) is -1.38. The van der Waals surface area contributed by atoms with E-state index in [9.17, 15) is 19.2 Å². The number of Topliss-reactive ketones (excluding diaryl/α,β-unsaturated/α-hetero) is 2. The summed E-state index contributed by atoms with van der Waals surface area (Å²) < 4.78 is 43.4. The second kappa shape index (κ2) is 22.0. The molecule has 0 aliphatic rings. The molecule has 0 N–H and O–H groups in total. The molecule has 2 rings (SSSR count). The van der Waals surface area contributed by atoms with Crippen molar-refractivity contribution in [1.29, 1.82) is 0 Å². The highest BCUT2D eigenvalue weighted by Crippen LogP contribution is 2.23. The van der Waals surface area contributed by atoms with Gasteiger partial charge in [-0.15, -0.1) is 0 Å². The van der Waals surface area contributed by atoms with Crippen molar-refractivity contribution in [2.24, 2.45) is 0 Å². The summed E-state index contributed by atoms with van der Waals surface area (Å²) >= 11 is 0. The van der Waals surface area contributed by atoms with Gasteiger partial charge in [-0.25, -0.2) is 9.59 Å². The Morgan fingerprint density at radius 2 is 0.902 bits per heavy atom. The molecule has 0 radical (unpaired) electrons. The average Bonchev–Trinajstić information content (AvgIpc) is 3.10. The highest BCUT2D eigenvalue weighted by molar-refractivity contribution is 6.02. The molecule has 2 atom stereocenters. The molecule has 0 fully saturated rings. The van der Waals surface area contributed by atoms with E-state index in [1.807, 2.05) is 24.3 Å². The van der Waals surface area contributed by atoms with E-state index < -0.39 is 35.7 Å². The van der Waals surface area contributed by atoms with Gasteiger partial charge in [0.05, 0.1) is 39.6 Å². The first-order valence-corrected chi connectivity index (χ1v) is 16.8. The number of carbonyl (C=O) groups is 4. The molecule has 0 amide bonds. The zero-order chi connectivity index (χ0) is 37.9. The summed E-state index contributed by atoms with van der Waals surface area (Å²) in [6.45, 7) is 18.6. The van der Waals surface area contributed by atoms with Crippen LogP contribution >= 0.6 is 0 Å². The van der Waals surface area contributed by atoms with Crippen molar-refractivity contribution in [3.05, 3.63) is 96.1 Å². The highest BCUT2D eigenvalue weighted by Gasteiger charge is 2.33. The van der Waals surface area contributed by atoms with Crippen molar-refractivity contribution in [3.63, 3.8) is 0 Å². The molecule has 0 saturated carbocycles. The van der Waals surface area contributed by atoms with Crippen LogP contribution in [0.15, 0.2) is 73.8 Å². The Morgan fingerprint density at radius 3 is 1.24 bits per heavy atom. The Morgan fingerprint density at radius 1 is 0.569 bits per heavy atom. The molecule has 0 aliphatic heterocycles. The first-order chi connectivity index (χ1) is 24.2. The van der Waals surface area contributed by atoms with Crippen molar-refractivity contribution in [2.45, 2.75) is 71.7 Å². The van der Waals surface area contributed by atoms with E-state index in [0.717, 1.165) is 23.3 Å². The van der Waals surface area contributed by atoms with Gasteiger partial charge in [0.15, 0.2) is 24.1 Å². The second-order valence-corrected chi connectivity index (χ2v) is 12.3. The Balaban J connectivity index is 1.79. The summed E-state index contributed by atoms with van der Waals surface area (Å²) in [5, 5.41) is 0. The molecule has 12 nitrogen and oxygen atoms in total. The van der Waals surface area contributed by atoms with E-state index in [0.29, 0.717) is 17.5 Å². The van der Waals surface area contributed by atoms with E-state index in [-0.39, 0.29) is 64.4 Å². The number of ether oxygens (including phenoxy) is 8. The monoisotopic (exact) mass is 712 g/mol. The predicted molar refractivity (Wildman–Crippen MR) is 189 cm³/mol. The SMILES string of the molecule is C=CC(=O)OCCOCCOC(C)OC(C)(C)C(=O)c1ccc(Cc2ccc(C(=O)C(C)(C)OC(C)OCCOCCOC(=O)C=C)cc2)cc1. The van der Waals surface area contributed by atoms with Crippen LogP contribution in [-0.2, 0) is 53.9 Å². The van der Waals surface area contributed by atoms with Crippen LogP contribution in [0.1, 0.15) is 73.4 Å². The molecule has 0 aromatic heterocycles. The third-order valence-electron chi connectivity index (χ3n) is 7.29. The summed E-state index contributed by atoms with van der Waals surface area (Å²) in [5.41, 5.74) is 0.739. The number of hydrogen-bond acceptors (Lipinski definition) is 12. The smallest absolute Gasteiger partial charge is 0.330 e. The molecule has 0 spiro atoms. The summed E-state index contributed by atoms with van der Waals surface area (Å²) in [4.78, 5) is 48.5. The number of rotatable bonds is 26. The molecule has 2 unspecified atom stereocenters. The Hall–Kier alpha value is -4.04. The minimum absolute atomic E-state index is 0.121. The standard InChI is InChI=1S/C39H52O12/c1-9-34(40)48-25-21-44-19-23-46-28(3)50-38(5,6)36(42)32-15-11-30(12-16-32)27-31-13-17-33(18-14-31)37(43)39(7,8)51-29(4)47-24-20-45-22-26-49-35(41)10-2/h9-18,28-29H,1-2,19-27H2,3-8H3. The average molecular weight is 713 g/mol. The fourth-order valence-corrected chi connectivity index (χ4v) is 4.75. The van der Waals surface area contributed by atoms with Gasteiger partial charge >= 0.3 is 11.9 Å². The lowest BCUT2D eigenvalue weighted by Gasteiger charge is -2.28. The minimum Gasteiger partial charge on any atom is -0.460 e. The fraction of sp³-hybridized carbons (Fsp3) is 0.487. The van der Waals surface area contributed by atoms with E-state index in [1.165, 1.54) is 0 Å². The molecule has 2 aromatic carbocycles. The molecule has 0 aliphatic carbocycles. The molecule has 0 saturated heterocycles. The van der Waals surface area contributed by atoms with E-state index in [2.05, 4.69) is 13.2 Å². The Labute approximate surface area is 301 Å². The Bertz CT molecular complexity index is 1310. The maximum atomic E-state index is 13.3. The van der Waals surface area contributed by atoms with Crippen LogP contribution in [-0.4, -0.2) is 100 Å². The third kappa shape index (κ3) is 16.2. The lowest BCUT2D eigenvalue weighted by Crippen LogP contribution is -2.39. The fourth-order valence-electron chi connectivity index (χ4n) is 4.75. The van der Waals surface area contributed by atoms with Crippen LogP contribution in [0.25, 0.3) is 0 Å². The molecular weight excluding hydrogens is 660 g/mol. The van der Waals surface area contributed by atoms with Crippen LogP contribution in [0.2, 0.25) is 0 Å². The zero-order valence-corrected chi connectivity index (χ0v) is 30.6. The normalized spacial score (nSPS) is 12.8. The topological polar surface area (TPSA) is 142 Å². The van der Waals surface area contributed by atoms with Crippen molar-refractivity contribution >= 4 is 23.5 Å².